The van der Waals surface area contributed by atoms with E-state index in [0.29, 0.717) is 92.8 Å². The molecule has 0 spiro atoms. The number of benzene rings is 1. The molecule has 1 N–H and O–H groups in total. The van der Waals surface area contributed by atoms with Crippen LogP contribution in [-0.2, 0) is 41.8 Å². The van der Waals surface area contributed by atoms with E-state index in [9.17, 15) is 27.6 Å². The van der Waals surface area contributed by atoms with Crippen LogP contribution < -0.4 is 10.2 Å². The first kappa shape index (κ1) is 35.3. The van der Waals surface area contributed by atoms with Crippen LogP contribution in [0.25, 0.3) is 27.9 Å². The van der Waals surface area contributed by atoms with Crippen LogP contribution >= 0.6 is 0 Å². The summed E-state index contributed by atoms with van der Waals surface area (Å²) in [6.07, 6.45) is -0.123. The van der Waals surface area contributed by atoms with E-state index in [1.54, 1.807) is 36.7 Å². The van der Waals surface area contributed by atoms with E-state index in [0.717, 1.165) is 18.7 Å². The normalized spacial score (nSPS) is 11.7. The summed E-state index contributed by atoms with van der Waals surface area (Å²) in [6.45, 7) is 3.95. The number of alkyl halides is 3. The van der Waals surface area contributed by atoms with Crippen LogP contribution in [-0.4, -0.2) is 89.0 Å². The maximum atomic E-state index is 13.1. The number of nitrogens with one attached hydrogen (secondary N) is 1. The summed E-state index contributed by atoms with van der Waals surface area (Å²) < 4.78 is 56.8. The van der Waals surface area contributed by atoms with Gasteiger partial charge in [0.05, 0.1) is 44.1 Å². The number of aryl methyl sites for hydroxylation is 1. The molecule has 0 saturated heterocycles. The highest BCUT2D eigenvalue weighted by atomic mass is 19.4. The number of pyridine rings is 1. The lowest BCUT2D eigenvalue weighted by atomic mass is 10.1. The zero-order chi connectivity index (χ0) is 33.8. The summed E-state index contributed by atoms with van der Waals surface area (Å²) in [7, 11) is 1.63. The third-order valence-corrected chi connectivity index (χ3v) is 7.15. The van der Waals surface area contributed by atoms with Crippen LogP contribution in [0.15, 0.2) is 36.5 Å². The summed E-state index contributed by atoms with van der Waals surface area (Å²) >= 11 is 0. The van der Waals surface area contributed by atoms with Crippen LogP contribution in [0.5, 0.6) is 0 Å². The Kier molecular flexibility index (Phi) is 12.6. The van der Waals surface area contributed by atoms with Gasteiger partial charge in [0.15, 0.2) is 5.65 Å². The first-order chi connectivity index (χ1) is 22.6. The van der Waals surface area contributed by atoms with Crippen LogP contribution in [0.4, 0.5) is 18.9 Å². The molecule has 16 heteroatoms. The fraction of sp³-hybridized carbons (Fsp3) is 0.484. The number of esters is 1. The molecule has 0 aliphatic rings. The number of aromatic nitrogens is 5. The van der Waals surface area contributed by atoms with Gasteiger partial charge in [-0.25, -0.2) is 4.98 Å². The van der Waals surface area contributed by atoms with Crippen molar-refractivity contribution < 1.29 is 41.8 Å². The molecule has 0 aliphatic heterocycles. The number of unbranched alkanes of at least 4 members (excludes halogenated alkanes) is 2. The Morgan fingerprint density at radius 1 is 1.00 bits per heavy atom. The van der Waals surface area contributed by atoms with Crippen molar-refractivity contribution in [3.63, 3.8) is 0 Å². The number of ether oxygens (including phenoxy) is 3. The van der Waals surface area contributed by atoms with Gasteiger partial charge in [0.2, 0.25) is 12.3 Å². The largest absolute Gasteiger partial charge is 0.466 e. The lowest BCUT2D eigenvalue weighted by Crippen LogP contribution is -2.28. The van der Waals surface area contributed by atoms with Gasteiger partial charge in [-0.3, -0.25) is 19.0 Å². The Balaban J connectivity index is 1.21. The molecule has 0 aliphatic carbocycles. The monoisotopic (exact) mass is 661 g/mol. The standard InChI is InChI=1S/C31H38F3N7O6/c1-3-47-28(44)8-6-4-5-7-27(43)35-13-15-45-17-18-46-16-14-40(21-42)23-10-11-25-24(19-23)29-30(38-39(2)37-29)41(25)26-12-9-22(20-36-26)31(32,33)34/h9-12,19-21H,3-8,13-18H2,1-2H3,(H,35,43). The summed E-state index contributed by atoms with van der Waals surface area (Å²) in [4.78, 5) is 42.0. The van der Waals surface area contributed by atoms with Crippen molar-refractivity contribution in [3.8, 4) is 5.82 Å². The van der Waals surface area contributed by atoms with Crippen LogP contribution in [0.3, 0.4) is 0 Å². The quantitative estimate of drug-likeness (QED) is 0.0898. The number of hydrogen-bond donors (Lipinski definition) is 1. The van der Waals surface area contributed by atoms with Crippen molar-refractivity contribution in [2.24, 2.45) is 7.05 Å². The number of carbonyl (C=O) groups excluding carboxylic acids is 3. The average molecular weight is 662 g/mol. The minimum atomic E-state index is -4.51. The number of halogens is 3. The minimum Gasteiger partial charge on any atom is -0.466 e. The molecule has 0 radical (unpaired) electrons. The van der Waals surface area contributed by atoms with Gasteiger partial charge in [0.1, 0.15) is 11.3 Å². The van der Waals surface area contributed by atoms with Gasteiger partial charge in [-0.2, -0.15) is 23.1 Å². The molecule has 2 amide bonds. The van der Waals surface area contributed by atoms with E-state index in [1.807, 2.05) is 0 Å². The highest BCUT2D eigenvalue weighted by Crippen LogP contribution is 2.33. The molecular formula is C31H38F3N7O6. The SMILES string of the molecule is CCOC(=O)CCCCCC(=O)NCCOCCOCCN(C=O)c1ccc2c(c1)c1nn(C)nc1n2-c1ccc(C(F)(F)F)cn1. The molecule has 1 aromatic carbocycles. The van der Waals surface area contributed by atoms with Gasteiger partial charge in [-0.15, -0.1) is 5.10 Å². The third kappa shape index (κ3) is 9.71. The highest BCUT2D eigenvalue weighted by Gasteiger charge is 2.31. The molecule has 0 fully saturated rings. The second kappa shape index (κ2) is 16.8. The maximum absolute atomic E-state index is 13.1. The highest BCUT2D eigenvalue weighted by molar-refractivity contribution is 6.07. The number of carbonyl (C=O) groups is 3. The molecule has 0 bridgehead atoms. The zero-order valence-electron chi connectivity index (χ0n) is 26.3. The second-order valence-electron chi connectivity index (χ2n) is 10.5. The van der Waals surface area contributed by atoms with Crippen LogP contribution in [0.1, 0.15) is 44.6 Å². The summed E-state index contributed by atoms with van der Waals surface area (Å²) in [6, 6.07) is 7.46. The first-order valence-corrected chi connectivity index (χ1v) is 15.3. The molecule has 0 saturated carbocycles. The Bertz CT molecular complexity index is 1640. The molecule has 0 unspecified atom stereocenters. The lowest BCUT2D eigenvalue weighted by molar-refractivity contribution is -0.143. The molecule has 4 aromatic rings. The van der Waals surface area contributed by atoms with Gasteiger partial charge < -0.3 is 24.4 Å². The Morgan fingerprint density at radius 2 is 1.77 bits per heavy atom. The molecule has 13 nitrogen and oxygen atoms in total. The van der Waals surface area contributed by atoms with Crippen molar-refractivity contribution in [1.29, 1.82) is 0 Å². The maximum Gasteiger partial charge on any atom is 0.417 e. The number of amides is 2. The van der Waals surface area contributed by atoms with E-state index in [2.05, 4.69) is 20.5 Å². The van der Waals surface area contributed by atoms with E-state index in [-0.39, 0.29) is 30.8 Å². The first-order valence-electron chi connectivity index (χ1n) is 15.3. The molecule has 0 atom stereocenters. The van der Waals surface area contributed by atoms with Gasteiger partial charge in [-0.05, 0) is 50.1 Å². The fourth-order valence-corrected chi connectivity index (χ4v) is 4.88. The predicted molar refractivity (Wildman–Crippen MR) is 166 cm³/mol. The Morgan fingerprint density at radius 3 is 2.47 bits per heavy atom. The molecule has 4 rings (SSSR count). The lowest BCUT2D eigenvalue weighted by Gasteiger charge is -2.18. The van der Waals surface area contributed by atoms with E-state index >= 15 is 0 Å². The van der Waals surface area contributed by atoms with E-state index in [1.165, 1.54) is 15.8 Å². The van der Waals surface area contributed by atoms with Gasteiger partial charge in [0.25, 0.3) is 0 Å². The molecule has 3 heterocycles. The van der Waals surface area contributed by atoms with Crippen molar-refractivity contribution in [2.45, 2.75) is 45.2 Å². The van der Waals surface area contributed by atoms with Crippen LogP contribution in [0, 0.1) is 0 Å². The minimum absolute atomic E-state index is 0.0685. The van der Waals surface area contributed by atoms with Crippen LogP contribution in [0.2, 0.25) is 0 Å². The van der Waals surface area contributed by atoms with Gasteiger partial charge in [-0.1, -0.05) is 6.42 Å². The Labute approximate surface area is 268 Å². The second-order valence-corrected chi connectivity index (χ2v) is 10.5. The Hall–Kier alpha value is -4.57. The molecular weight excluding hydrogens is 623 g/mol. The van der Waals surface area contributed by atoms with Crippen molar-refractivity contribution in [3.05, 3.63) is 42.1 Å². The molecule has 254 valence electrons. The van der Waals surface area contributed by atoms with Crippen molar-refractivity contribution in [1.82, 2.24) is 29.9 Å². The predicted octanol–water partition coefficient (Wildman–Crippen LogP) is 3.95. The van der Waals surface area contributed by atoms with Crippen molar-refractivity contribution in [2.75, 3.05) is 51.0 Å². The van der Waals surface area contributed by atoms with E-state index < -0.39 is 11.7 Å². The summed E-state index contributed by atoms with van der Waals surface area (Å²) in [5.41, 5.74) is 1.26. The number of nitrogens with zero attached hydrogens (tertiary/aromatic N) is 6. The van der Waals surface area contributed by atoms with Gasteiger partial charge in [0, 0.05) is 50.2 Å². The number of anilines is 1. The average Bonchev–Trinajstić information content (AvgIpc) is 3.56. The smallest absolute Gasteiger partial charge is 0.417 e. The third-order valence-electron chi connectivity index (χ3n) is 7.15. The van der Waals surface area contributed by atoms with Crippen molar-refractivity contribution >= 4 is 46.0 Å². The number of rotatable bonds is 19. The fourth-order valence-electron chi connectivity index (χ4n) is 4.88. The number of fused-ring (bicyclic) bond motifs is 3. The summed E-state index contributed by atoms with van der Waals surface area (Å²) in [5, 5.41) is 12.2. The molecule has 47 heavy (non-hydrogen) atoms. The number of hydrogen-bond acceptors (Lipinski definition) is 9. The topological polar surface area (TPSA) is 143 Å². The summed E-state index contributed by atoms with van der Waals surface area (Å²) in [5.74, 6) is -0.0358. The van der Waals surface area contributed by atoms with E-state index in [4.69, 9.17) is 14.2 Å². The van der Waals surface area contributed by atoms with Gasteiger partial charge >= 0.3 is 12.1 Å². The zero-order valence-corrected chi connectivity index (χ0v) is 26.3. The molecule has 3 aromatic heterocycles.